The van der Waals surface area contributed by atoms with Crippen molar-refractivity contribution in [2.75, 3.05) is 0 Å². The Balaban J connectivity index is 1.30. The zero-order valence-corrected chi connectivity index (χ0v) is 17.6. The van der Waals surface area contributed by atoms with Gasteiger partial charge in [-0.1, -0.05) is 54.6 Å². The number of H-pyrrole nitrogens is 1. The molecule has 2 N–H and O–H groups in total. The second-order valence-corrected chi connectivity index (χ2v) is 8.12. The van der Waals surface area contributed by atoms with E-state index in [1.807, 2.05) is 54.6 Å². The highest BCUT2D eigenvalue weighted by atomic mass is 16.2. The summed E-state index contributed by atoms with van der Waals surface area (Å²) in [5.41, 5.74) is 2.92. The van der Waals surface area contributed by atoms with Gasteiger partial charge in [-0.15, -0.1) is 10.2 Å². The van der Waals surface area contributed by atoms with Crippen molar-refractivity contribution in [3.05, 3.63) is 100 Å². The first-order valence-electron chi connectivity index (χ1n) is 10.4. The van der Waals surface area contributed by atoms with Crippen LogP contribution in [0.25, 0.3) is 11.1 Å². The fraction of sp³-hybridized carbons (Fsp3) is 0.208. The molecule has 2 aromatic carbocycles. The highest BCUT2D eigenvalue weighted by molar-refractivity contribution is 5.91. The minimum Gasteiger partial charge on any atom is -0.340 e. The first kappa shape index (κ1) is 19.9. The topological polar surface area (TPSA) is 106 Å². The Morgan fingerprint density at radius 1 is 1.09 bits per heavy atom. The van der Waals surface area contributed by atoms with Crippen molar-refractivity contribution in [3.8, 4) is 11.1 Å². The molecular formula is C24H22N6O2. The Bertz CT molecular complexity index is 1320. The molecule has 0 saturated heterocycles. The summed E-state index contributed by atoms with van der Waals surface area (Å²) >= 11 is 0. The lowest BCUT2D eigenvalue weighted by Gasteiger charge is -2.17. The maximum Gasteiger partial charge on any atom is 0.289 e. The number of carbonyl (C=O) groups excluding carboxylic acids is 1. The number of amides is 1. The van der Waals surface area contributed by atoms with Gasteiger partial charge < -0.3 is 14.9 Å². The Labute approximate surface area is 184 Å². The van der Waals surface area contributed by atoms with Gasteiger partial charge in [0.2, 0.25) is 5.82 Å². The molecule has 0 radical (unpaired) electrons. The SMILES string of the molecule is Cn1cncc(-c2ccc(C3(NC(=O)c4nnc(Cc5ccccc5)[nH]4)CC3)cc2)c1=O. The summed E-state index contributed by atoms with van der Waals surface area (Å²) in [6, 6.07) is 17.6. The number of carbonyl (C=O) groups is 1. The minimum atomic E-state index is -0.415. The van der Waals surface area contributed by atoms with Crippen molar-refractivity contribution in [2.24, 2.45) is 7.05 Å². The molecule has 0 bridgehead atoms. The summed E-state index contributed by atoms with van der Waals surface area (Å²) in [6.07, 6.45) is 5.34. The molecule has 4 aromatic rings. The molecule has 5 rings (SSSR count). The van der Waals surface area contributed by atoms with Gasteiger partial charge >= 0.3 is 0 Å². The fourth-order valence-electron chi connectivity index (χ4n) is 3.83. The first-order valence-corrected chi connectivity index (χ1v) is 10.4. The molecule has 2 aromatic heterocycles. The van der Waals surface area contributed by atoms with Crippen molar-refractivity contribution in [1.29, 1.82) is 0 Å². The van der Waals surface area contributed by atoms with Crippen LogP contribution in [0.15, 0.2) is 71.9 Å². The van der Waals surface area contributed by atoms with Crippen LogP contribution in [0.2, 0.25) is 0 Å². The average Bonchev–Trinajstić information content (AvgIpc) is 3.44. The monoisotopic (exact) mass is 426 g/mol. The Kier molecular flexibility index (Phi) is 4.89. The first-order chi connectivity index (χ1) is 15.5. The fourth-order valence-corrected chi connectivity index (χ4v) is 3.83. The van der Waals surface area contributed by atoms with Gasteiger partial charge in [-0.2, -0.15) is 0 Å². The van der Waals surface area contributed by atoms with Crippen molar-refractivity contribution < 1.29 is 4.79 Å². The van der Waals surface area contributed by atoms with Crippen LogP contribution in [0.1, 0.15) is 40.4 Å². The van der Waals surface area contributed by atoms with E-state index in [1.165, 1.54) is 10.9 Å². The molecule has 1 aliphatic carbocycles. The molecule has 1 fully saturated rings. The summed E-state index contributed by atoms with van der Waals surface area (Å²) in [4.78, 5) is 32.3. The number of aromatic amines is 1. The van der Waals surface area contributed by atoms with Crippen LogP contribution in [-0.2, 0) is 19.0 Å². The number of aryl methyl sites for hydroxylation is 1. The van der Waals surface area contributed by atoms with Crippen LogP contribution < -0.4 is 10.9 Å². The van der Waals surface area contributed by atoms with E-state index in [9.17, 15) is 9.59 Å². The number of nitrogens with one attached hydrogen (secondary N) is 2. The third-order valence-corrected chi connectivity index (χ3v) is 5.81. The van der Waals surface area contributed by atoms with Crippen LogP contribution in [0.5, 0.6) is 0 Å². The van der Waals surface area contributed by atoms with Crippen LogP contribution >= 0.6 is 0 Å². The average molecular weight is 426 g/mol. The molecule has 0 atom stereocenters. The highest BCUT2D eigenvalue weighted by Crippen LogP contribution is 2.45. The van der Waals surface area contributed by atoms with Gasteiger partial charge in [0.1, 0.15) is 5.82 Å². The van der Waals surface area contributed by atoms with Crippen molar-refractivity contribution in [3.63, 3.8) is 0 Å². The molecule has 2 heterocycles. The number of aromatic nitrogens is 5. The lowest BCUT2D eigenvalue weighted by atomic mass is 10.0. The number of hydrogen-bond acceptors (Lipinski definition) is 5. The summed E-state index contributed by atoms with van der Waals surface area (Å²) in [7, 11) is 1.68. The normalized spacial score (nSPS) is 14.2. The number of nitrogens with zero attached hydrogens (tertiary/aromatic N) is 4. The van der Waals surface area contributed by atoms with Gasteiger partial charge in [0.05, 0.1) is 17.4 Å². The van der Waals surface area contributed by atoms with E-state index in [4.69, 9.17) is 0 Å². The van der Waals surface area contributed by atoms with Gasteiger partial charge in [-0.05, 0) is 29.5 Å². The maximum atomic E-state index is 12.8. The molecular weight excluding hydrogens is 404 g/mol. The van der Waals surface area contributed by atoms with Crippen molar-refractivity contribution in [2.45, 2.75) is 24.8 Å². The molecule has 8 nitrogen and oxygen atoms in total. The molecule has 1 aliphatic rings. The van der Waals surface area contributed by atoms with E-state index in [1.54, 1.807) is 13.2 Å². The highest BCUT2D eigenvalue weighted by Gasteiger charge is 2.46. The Hall–Kier alpha value is -4.07. The third-order valence-electron chi connectivity index (χ3n) is 5.81. The molecule has 1 amide bonds. The number of rotatable bonds is 6. The van der Waals surface area contributed by atoms with Crippen LogP contribution in [0, 0.1) is 0 Å². The lowest BCUT2D eigenvalue weighted by Crippen LogP contribution is -2.35. The maximum absolute atomic E-state index is 12.8. The third kappa shape index (κ3) is 3.82. The summed E-state index contributed by atoms with van der Waals surface area (Å²) in [6.45, 7) is 0. The summed E-state index contributed by atoms with van der Waals surface area (Å²) in [5.74, 6) is 0.575. The van der Waals surface area contributed by atoms with Gasteiger partial charge in [0.25, 0.3) is 11.5 Å². The molecule has 0 unspecified atom stereocenters. The van der Waals surface area contributed by atoms with E-state index < -0.39 is 5.54 Å². The van der Waals surface area contributed by atoms with Gasteiger partial charge in [-0.25, -0.2) is 4.98 Å². The van der Waals surface area contributed by atoms with Crippen LogP contribution in [0.4, 0.5) is 0 Å². The van der Waals surface area contributed by atoms with Gasteiger partial charge in [0.15, 0.2) is 0 Å². The van der Waals surface area contributed by atoms with Gasteiger partial charge in [-0.3, -0.25) is 9.59 Å². The minimum absolute atomic E-state index is 0.0983. The smallest absolute Gasteiger partial charge is 0.289 e. The van der Waals surface area contributed by atoms with Crippen molar-refractivity contribution in [1.82, 2.24) is 30.0 Å². The zero-order valence-electron chi connectivity index (χ0n) is 17.6. The molecule has 0 aliphatic heterocycles. The standard InChI is InChI=1S/C24H22N6O2/c1-30-15-25-14-19(23(30)32)17-7-9-18(10-8-17)24(11-12-24)27-22(31)21-26-20(28-29-21)13-16-5-3-2-4-6-16/h2-10,14-15H,11-13H2,1H3,(H,27,31)(H,26,28,29). The van der Waals surface area contributed by atoms with Crippen molar-refractivity contribution >= 4 is 5.91 Å². The largest absolute Gasteiger partial charge is 0.340 e. The molecule has 160 valence electrons. The second kappa shape index (κ2) is 7.88. The molecule has 8 heteroatoms. The van der Waals surface area contributed by atoms with E-state index in [-0.39, 0.29) is 17.3 Å². The van der Waals surface area contributed by atoms with E-state index in [2.05, 4.69) is 25.5 Å². The lowest BCUT2D eigenvalue weighted by molar-refractivity contribution is 0.0920. The van der Waals surface area contributed by atoms with Gasteiger partial charge in [0, 0.05) is 19.7 Å². The molecule has 1 saturated carbocycles. The number of hydrogen-bond donors (Lipinski definition) is 2. The Morgan fingerprint density at radius 3 is 2.56 bits per heavy atom. The number of benzene rings is 2. The zero-order chi connectivity index (χ0) is 22.1. The predicted molar refractivity (Wildman–Crippen MR) is 119 cm³/mol. The van der Waals surface area contributed by atoms with Crippen LogP contribution in [0.3, 0.4) is 0 Å². The Morgan fingerprint density at radius 2 is 1.84 bits per heavy atom. The van der Waals surface area contributed by atoms with E-state index >= 15 is 0 Å². The molecule has 0 spiro atoms. The second-order valence-electron chi connectivity index (χ2n) is 8.12. The summed E-state index contributed by atoms with van der Waals surface area (Å²) < 4.78 is 1.45. The van der Waals surface area contributed by atoms with E-state index in [0.29, 0.717) is 17.8 Å². The van der Waals surface area contributed by atoms with Crippen LogP contribution in [-0.4, -0.2) is 30.6 Å². The summed E-state index contributed by atoms with van der Waals surface area (Å²) in [5, 5.41) is 11.2. The molecule has 32 heavy (non-hydrogen) atoms. The predicted octanol–water partition coefficient (Wildman–Crippen LogP) is 2.58. The quantitative estimate of drug-likeness (QED) is 0.493. The van der Waals surface area contributed by atoms with E-state index in [0.717, 1.165) is 29.5 Å².